The van der Waals surface area contributed by atoms with E-state index in [1.54, 1.807) is 38.6 Å². The van der Waals surface area contributed by atoms with E-state index in [1.165, 1.54) is 0 Å². The van der Waals surface area contributed by atoms with Gasteiger partial charge in [-0.2, -0.15) is 0 Å². The van der Waals surface area contributed by atoms with Crippen LogP contribution in [0.3, 0.4) is 0 Å². The number of amides is 1. The number of imidazole rings is 1. The predicted octanol–water partition coefficient (Wildman–Crippen LogP) is 2.85. The van der Waals surface area contributed by atoms with E-state index in [4.69, 9.17) is 9.47 Å². The monoisotopic (exact) mass is 325 g/mol. The summed E-state index contributed by atoms with van der Waals surface area (Å²) in [7, 11) is 4.98. The van der Waals surface area contributed by atoms with Crippen molar-refractivity contribution in [2.24, 2.45) is 0 Å². The second-order valence-electron chi connectivity index (χ2n) is 5.47. The number of nitrogens with zero attached hydrogens (tertiary/aromatic N) is 2. The standard InChI is InChI=1S/C18H19N3O3/c1-21(10-13-4-6-14(23-2)9-17(13)24-3)18(22)12-5-7-15-16(8-12)20-11-19-15/h4-9,11H,10H2,1-3H3,(H,19,20). The third kappa shape index (κ3) is 3.03. The lowest BCUT2D eigenvalue weighted by molar-refractivity contribution is 0.0784. The highest BCUT2D eigenvalue weighted by Gasteiger charge is 2.15. The van der Waals surface area contributed by atoms with Gasteiger partial charge >= 0.3 is 0 Å². The van der Waals surface area contributed by atoms with Crippen LogP contribution >= 0.6 is 0 Å². The maximum Gasteiger partial charge on any atom is 0.253 e. The van der Waals surface area contributed by atoms with Gasteiger partial charge in [-0.15, -0.1) is 0 Å². The Morgan fingerprint density at radius 1 is 1.17 bits per heavy atom. The summed E-state index contributed by atoms with van der Waals surface area (Å²) in [5.74, 6) is 1.34. The van der Waals surface area contributed by atoms with Crippen molar-refractivity contribution >= 4 is 16.9 Å². The molecule has 0 saturated heterocycles. The summed E-state index contributed by atoms with van der Waals surface area (Å²) in [6.45, 7) is 0.438. The van der Waals surface area contributed by atoms with Crippen molar-refractivity contribution in [3.63, 3.8) is 0 Å². The number of ether oxygens (including phenoxy) is 2. The van der Waals surface area contributed by atoms with Gasteiger partial charge in [0, 0.05) is 30.8 Å². The SMILES string of the molecule is COc1ccc(CN(C)C(=O)c2ccc3nc[nH]c3c2)c(OC)c1. The Morgan fingerprint density at radius 2 is 2.00 bits per heavy atom. The smallest absolute Gasteiger partial charge is 0.253 e. The molecule has 0 spiro atoms. The first kappa shape index (κ1) is 15.9. The molecule has 0 aliphatic heterocycles. The lowest BCUT2D eigenvalue weighted by atomic mass is 10.1. The minimum absolute atomic E-state index is 0.0654. The largest absolute Gasteiger partial charge is 0.497 e. The molecule has 24 heavy (non-hydrogen) atoms. The van der Waals surface area contributed by atoms with Crippen LogP contribution < -0.4 is 9.47 Å². The van der Waals surface area contributed by atoms with E-state index in [0.29, 0.717) is 23.6 Å². The van der Waals surface area contributed by atoms with E-state index >= 15 is 0 Å². The van der Waals surface area contributed by atoms with Crippen LogP contribution in [0.4, 0.5) is 0 Å². The lowest BCUT2D eigenvalue weighted by Crippen LogP contribution is -2.26. The van der Waals surface area contributed by atoms with E-state index in [1.807, 2.05) is 30.3 Å². The third-order valence-corrected chi connectivity index (χ3v) is 3.92. The maximum atomic E-state index is 12.7. The second kappa shape index (κ2) is 6.62. The predicted molar refractivity (Wildman–Crippen MR) is 91.4 cm³/mol. The molecule has 0 saturated carbocycles. The van der Waals surface area contributed by atoms with Crippen LogP contribution in [0.25, 0.3) is 11.0 Å². The summed E-state index contributed by atoms with van der Waals surface area (Å²) in [4.78, 5) is 21.5. The summed E-state index contributed by atoms with van der Waals surface area (Å²) < 4.78 is 10.6. The van der Waals surface area contributed by atoms with E-state index in [0.717, 1.165) is 16.6 Å². The van der Waals surface area contributed by atoms with Crippen LogP contribution in [0, 0.1) is 0 Å². The summed E-state index contributed by atoms with van der Waals surface area (Å²) in [6.07, 6.45) is 1.62. The highest BCUT2D eigenvalue weighted by molar-refractivity contribution is 5.97. The molecule has 0 atom stereocenters. The van der Waals surface area contributed by atoms with Crippen molar-refractivity contribution < 1.29 is 14.3 Å². The van der Waals surface area contributed by atoms with Gasteiger partial charge in [0.2, 0.25) is 0 Å². The Hall–Kier alpha value is -3.02. The Kier molecular flexibility index (Phi) is 4.37. The van der Waals surface area contributed by atoms with Crippen LogP contribution in [-0.2, 0) is 6.54 Å². The van der Waals surface area contributed by atoms with Gasteiger partial charge in [-0.05, 0) is 30.3 Å². The van der Waals surface area contributed by atoms with Gasteiger partial charge in [-0.1, -0.05) is 0 Å². The molecule has 0 fully saturated rings. The minimum Gasteiger partial charge on any atom is -0.497 e. The third-order valence-electron chi connectivity index (χ3n) is 3.92. The fourth-order valence-corrected chi connectivity index (χ4v) is 2.60. The summed E-state index contributed by atoms with van der Waals surface area (Å²) in [5, 5.41) is 0. The van der Waals surface area contributed by atoms with Crippen molar-refractivity contribution in [1.29, 1.82) is 0 Å². The molecule has 0 bridgehead atoms. The van der Waals surface area contributed by atoms with Crippen molar-refractivity contribution in [1.82, 2.24) is 14.9 Å². The summed E-state index contributed by atoms with van der Waals surface area (Å²) in [6, 6.07) is 11.0. The summed E-state index contributed by atoms with van der Waals surface area (Å²) in [5.41, 5.74) is 3.21. The average molecular weight is 325 g/mol. The number of hydrogen-bond acceptors (Lipinski definition) is 4. The van der Waals surface area contributed by atoms with Crippen molar-refractivity contribution in [2.45, 2.75) is 6.54 Å². The van der Waals surface area contributed by atoms with Gasteiger partial charge in [0.15, 0.2) is 0 Å². The molecule has 6 heteroatoms. The Morgan fingerprint density at radius 3 is 2.75 bits per heavy atom. The molecule has 0 unspecified atom stereocenters. The lowest BCUT2D eigenvalue weighted by Gasteiger charge is -2.19. The molecule has 2 aromatic carbocycles. The zero-order valence-corrected chi connectivity index (χ0v) is 13.9. The van der Waals surface area contributed by atoms with Crippen LogP contribution in [0.2, 0.25) is 0 Å². The number of aromatic nitrogens is 2. The molecule has 1 aromatic heterocycles. The number of rotatable bonds is 5. The molecule has 6 nitrogen and oxygen atoms in total. The van der Waals surface area contributed by atoms with Crippen molar-refractivity contribution in [3.8, 4) is 11.5 Å². The highest BCUT2D eigenvalue weighted by atomic mass is 16.5. The first-order chi connectivity index (χ1) is 11.6. The fourth-order valence-electron chi connectivity index (χ4n) is 2.60. The average Bonchev–Trinajstić information content (AvgIpc) is 3.08. The molecule has 124 valence electrons. The van der Waals surface area contributed by atoms with Gasteiger partial charge in [-0.25, -0.2) is 4.98 Å². The second-order valence-corrected chi connectivity index (χ2v) is 5.47. The number of hydrogen-bond donors (Lipinski definition) is 1. The number of carbonyl (C=O) groups is 1. The molecule has 1 amide bonds. The van der Waals surface area contributed by atoms with Gasteiger partial charge in [0.25, 0.3) is 5.91 Å². The van der Waals surface area contributed by atoms with Gasteiger partial charge in [0.05, 0.1) is 31.6 Å². The number of methoxy groups -OCH3 is 2. The van der Waals surface area contributed by atoms with E-state index < -0.39 is 0 Å². The number of carbonyl (C=O) groups excluding carboxylic acids is 1. The molecule has 1 heterocycles. The van der Waals surface area contributed by atoms with Crippen molar-refractivity contribution in [2.75, 3.05) is 21.3 Å². The van der Waals surface area contributed by atoms with E-state index in [-0.39, 0.29) is 5.91 Å². The molecule has 0 radical (unpaired) electrons. The van der Waals surface area contributed by atoms with E-state index in [2.05, 4.69) is 9.97 Å². The van der Waals surface area contributed by atoms with Crippen molar-refractivity contribution in [3.05, 3.63) is 53.9 Å². The van der Waals surface area contributed by atoms with Crippen LogP contribution in [-0.4, -0.2) is 42.0 Å². The molecule has 0 aliphatic carbocycles. The van der Waals surface area contributed by atoms with Crippen LogP contribution in [0.15, 0.2) is 42.7 Å². The normalized spacial score (nSPS) is 10.6. The first-order valence-electron chi connectivity index (χ1n) is 7.52. The molecular formula is C18H19N3O3. The Balaban J connectivity index is 1.81. The van der Waals surface area contributed by atoms with Crippen LogP contribution in [0.1, 0.15) is 15.9 Å². The number of aromatic amines is 1. The molecule has 3 aromatic rings. The Bertz CT molecular complexity index is 873. The van der Waals surface area contributed by atoms with Gasteiger partial charge in [-0.3, -0.25) is 4.79 Å². The molecule has 3 rings (SSSR count). The quantitative estimate of drug-likeness (QED) is 0.783. The molecule has 1 N–H and O–H groups in total. The topological polar surface area (TPSA) is 67.5 Å². The highest BCUT2D eigenvalue weighted by Crippen LogP contribution is 2.26. The van der Waals surface area contributed by atoms with Gasteiger partial charge < -0.3 is 19.4 Å². The first-order valence-corrected chi connectivity index (χ1v) is 7.52. The molecule has 0 aliphatic rings. The Labute approximate surface area is 140 Å². The number of nitrogens with one attached hydrogen (secondary N) is 1. The summed E-state index contributed by atoms with van der Waals surface area (Å²) >= 11 is 0. The van der Waals surface area contributed by atoms with Crippen LogP contribution in [0.5, 0.6) is 11.5 Å². The van der Waals surface area contributed by atoms with E-state index in [9.17, 15) is 4.79 Å². The zero-order chi connectivity index (χ0) is 17.1. The maximum absolute atomic E-state index is 12.7. The number of benzene rings is 2. The molecular weight excluding hydrogens is 306 g/mol. The minimum atomic E-state index is -0.0654. The zero-order valence-electron chi connectivity index (χ0n) is 13.9. The van der Waals surface area contributed by atoms with Gasteiger partial charge in [0.1, 0.15) is 11.5 Å². The number of fused-ring (bicyclic) bond motifs is 1. The fraction of sp³-hybridized carbons (Fsp3) is 0.222. The number of H-pyrrole nitrogens is 1.